The van der Waals surface area contributed by atoms with Crippen LogP contribution in [0.15, 0.2) is 36.4 Å². The summed E-state index contributed by atoms with van der Waals surface area (Å²) >= 11 is 0. The van der Waals surface area contributed by atoms with Crippen molar-refractivity contribution in [1.82, 2.24) is 14.6 Å². The first kappa shape index (κ1) is 6.60. The van der Waals surface area contributed by atoms with Gasteiger partial charge in [-0.2, -0.15) is 5.10 Å². The van der Waals surface area contributed by atoms with Crippen LogP contribution in [0.4, 0.5) is 0 Å². The fraction of sp³-hybridized carbons (Fsp3) is 0. The third-order valence-corrected chi connectivity index (χ3v) is 2.03. The molecule has 0 unspecified atom stereocenters. The van der Waals surface area contributed by atoms with E-state index in [1.165, 1.54) is 0 Å². The molecular weight excluding hydrogens is 162 g/mol. The van der Waals surface area contributed by atoms with Gasteiger partial charge in [0.2, 0.25) is 0 Å². The first-order chi connectivity index (χ1) is 6.45. The molecule has 0 bridgehead atoms. The lowest BCUT2D eigenvalue weighted by atomic mass is 10.3. The SMILES string of the molecule is [c]1ccc2nc3ccccc3n2n1. The molecule has 3 heteroatoms. The number of imidazole rings is 1. The van der Waals surface area contributed by atoms with Gasteiger partial charge in [-0.1, -0.05) is 12.1 Å². The molecule has 0 aliphatic rings. The molecule has 0 atom stereocenters. The molecule has 0 fully saturated rings. The fourth-order valence-electron chi connectivity index (χ4n) is 1.45. The minimum absolute atomic E-state index is 0.861. The first-order valence-electron chi connectivity index (χ1n) is 4.06. The van der Waals surface area contributed by atoms with E-state index in [9.17, 15) is 0 Å². The van der Waals surface area contributed by atoms with E-state index >= 15 is 0 Å². The molecule has 0 N–H and O–H groups in total. The molecule has 61 valence electrons. The Bertz CT molecular complexity index is 518. The summed E-state index contributed by atoms with van der Waals surface area (Å²) in [5.74, 6) is 0. The minimum atomic E-state index is 0.861. The zero-order valence-corrected chi connectivity index (χ0v) is 6.81. The van der Waals surface area contributed by atoms with Gasteiger partial charge in [-0.3, -0.25) is 0 Å². The average Bonchev–Trinajstić information content (AvgIpc) is 2.56. The predicted octanol–water partition coefficient (Wildman–Crippen LogP) is 1.68. The van der Waals surface area contributed by atoms with Crippen LogP contribution in [0.3, 0.4) is 0 Å². The minimum Gasteiger partial charge on any atom is -0.227 e. The highest BCUT2D eigenvalue weighted by molar-refractivity contribution is 5.79. The maximum Gasteiger partial charge on any atom is 0.154 e. The molecule has 3 aromatic rings. The van der Waals surface area contributed by atoms with Crippen molar-refractivity contribution in [1.29, 1.82) is 0 Å². The Balaban J connectivity index is 2.64. The molecule has 2 aromatic heterocycles. The highest BCUT2D eigenvalue weighted by atomic mass is 15.2. The zero-order chi connectivity index (χ0) is 8.67. The van der Waals surface area contributed by atoms with Gasteiger partial charge in [0.1, 0.15) is 6.20 Å². The number of rotatable bonds is 0. The third-order valence-electron chi connectivity index (χ3n) is 2.03. The second kappa shape index (κ2) is 2.29. The van der Waals surface area contributed by atoms with Gasteiger partial charge in [0.25, 0.3) is 0 Å². The van der Waals surface area contributed by atoms with Crippen molar-refractivity contribution in [3.8, 4) is 0 Å². The fourth-order valence-corrected chi connectivity index (χ4v) is 1.45. The van der Waals surface area contributed by atoms with Crippen LogP contribution in [0.1, 0.15) is 0 Å². The van der Waals surface area contributed by atoms with Crippen molar-refractivity contribution in [2.45, 2.75) is 0 Å². The summed E-state index contributed by atoms with van der Waals surface area (Å²) in [4.78, 5) is 4.40. The molecule has 0 saturated carbocycles. The molecule has 1 radical (unpaired) electrons. The van der Waals surface area contributed by atoms with Crippen LogP contribution in [0.2, 0.25) is 0 Å². The monoisotopic (exact) mass is 168 g/mol. The van der Waals surface area contributed by atoms with E-state index in [2.05, 4.69) is 16.3 Å². The van der Waals surface area contributed by atoms with Gasteiger partial charge < -0.3 is 0 Å². The number of aromatic nitrogens is 3. The summed E-state index contributed by atoms with van der Waals surface area (Å²) in [5, 5.41) is 4.10. The Morgan fingerprint density at radius 1 is 1.15 bits per heavy atom. The van der Waals surface area contributed by atoms with Crippen LogP contribution in [0, 0.1) is 6.20 Å². The Morgan fingerprint density at radius 2 is 2.08 bits per heavy atom. The van der Waals surface area contributed by atoms with Gasteiger partial charge in [0.15, 0.2) is 5.65 Å². The molecule has 0 aliphatic carbocycles. The Labute approximate surface area is 74.6 Å². The van der Waals surface area contributed by atoms with Crippen LogP contribution in [-0.4, -0.2) is 14.6 Å². The second-order valence-electron chi connectivity index (χ2n) is 2.83. The quantitative estimate of drug-likeness (QED) is 0.511. The van der Waals surface area contributed by atoms with Gasteiger partial charge in [-0.05, 0) is 24.3 Å². The standard InChI is InChI=1S/C10H6N3/c1-2-5-9-8(4-1)12-10-6-3-7-11-13(9)10/h1-6H. The molecule has 0 amide bonds. The normalized spacial score (nSPS) is 11.1. The Kier molecular flexibility index (Phi) is 1.16. The maximum atomic E-state index is 4.40. The van der Waals surface area contributed by atoms with E-state index in [0.717, 1.165) is 16.7 Å². The summed E-state index contributed by atoms with van der Waals surface area (Å²) in [7, 11) is 0. The number of fused-ring (bicyclic) bond motifs is 3. The number of para-hydroxylation sites is 2. The van der Waals surface area contributed by atoms with E-state index in [1.54, 1.807) is 10.6 Å². The number of hydrogen-bond donors (Lipinski definition) is 0. The van der Waals surface area contributed by atoms with Crippen molar-refractivity contribution in [3.63, 3.8) is 0 Å². The van der Waals surface area contributed by atoms with E-state index < -0.39 is 0 Å². The van der Waals surface area contributed by atoms with Crippen molar-refractivity contribution in [2.24, 2.45) is 0 Å². The summed E-state index contributed by atoms with van der Waals surface area (Å²) in [6, 6.07) is 11.6. The van der Waals surface area contributed by atoms with Crippen molar-refractivity contribution in [2.75, 3.05) is 0 Å². The van der Waals surface area contributed by atoms with Crippen LogP contribution >= 0.6 is 0 Å². The first-order valence-corrected chi connectivity index (χ1v) is 4.06. The Morgan fingerprint density at radius 3 is 3.08 bits per heavy atom. The topological polar surface area (TPSA) is 30.2 Å². The smallest absolute Gasteiger partial charge is 0.154 e. The lowest BCUT2D eigenvalue weighted by molar-refractivity contribution is 0.959. The zero-order valence-electron chi connectivity index (χ0n) is 6.81. The van der Waals surface area contributed by atoms with Crippen LogP contribution in [0.25, 0.3) is 16.7 Å². The maximum absolute atomic E-state index is 4.40. The molecule has 0 spiro atoms. The largest absolute Gasteiger partial charge is 0.227 e. The van der Waals surface area contributed by atoms with E-state index in [1.807, 2.05) is 30.3 Å². The lowest BCUT2D eigenvalue weighted by Crippen LogP contribution is -1.88. The summed E-state index contributed by atoms with van der Waals surface area (Å²) in [5.41, 5.74) is 2.85. The molecular formula is C10H6N3. The number of hydrogen-bond acceptors (Lipinski definition) is 2. The highest BCUT2D eigenvalue weighted by Gasteiger charge is 2.01. The van der Waals surface area contributed by atoms with Crippen LogP contribution in [0.5, 0.6) is 0 Å². The predicted molar refractivity (Wildman–Crippen MR) is 49.3 cm³/mol. The van der Waals surface area contributed by atoms with Crippen molar-refractivity contribution < 1.29 is 0 Å². The van der Waals surface area contributed by atoms with E-state index in [4.69, 9.17) is 0 Å². The van der Waals surface area contributed by atoms with Crippen LogP contribution < -0.4 is 0 Å². The van der Waals surface area contributed by atoms with E-state index in [-0.39, 0.29) is 0 Å². The lowest BCUT2D eigenvalue weighted by Gasteiger charge is -1.89. The number of benzene rings is 1. The summed E-state index contributed by atoms with van der Waals surface area (Å²) in [6.07, 6.45) is 2.79. The van der Waals surface area contributed by atoms with Crippen LogP contribution in [-0.2, 0) is 0 Å². The van der Waals surface area contributed by atoms with Gasteiger partial charge in [0, 0.05) is 0 Å². The Hall–Kier alpha value is -1.90. The van der Waals surface area contributed by atoms with Gasteiger partial charge in [-0.25, -0.2) is 9.50 Å². The van der Waals surface area contributed by atoms with E-state index in [0.29, 0.717) is 0 Å². The molecule has 13 heavy (non-hydrogen) atoms. The van der Waals surface area contributed by atoms with Gasteiger partial charge >= 0.3 is 0 Å². The summed E-state index contributed by atoms with van der Waals surface area (Å²) < 4.78 is 1.79. The molecule has 3 nitrogen and oxygen atoms in total. The van der Waals surface area contributed by atoms with Gasteiger partial charge in [0.05, 0.1) is 11.0 Å². The second-order valence-corrected chi connectivity index (χ2v) is 2.83. The van der Waals surface area contributed by atoms with Crippen molar-refractivity contribution in [3.05, 3.63) is 42.6 Å². The van der Waals surface area contributed by atoms with Gasteiger partial charge in [-0.15, -0.1) is 0 Å². The number of nitrogens with zero attached hydrogens (tertiary/aromatic N) is 3. The average molecular weight is 168 g/mol. The molecule has 0 aliphatic heterocycles. The molecule has 1 aromatic carbocycles. The van der Waals surface area contributed by atoms with Crippen molar-refractivity contribution >= 4 is 16.7 Å². The molecule has 0 saturated heterocycles. The molecule has 2 heterocycles. The highest BCUT2D eigenvalue weighted by Crippen LogP contribution is 2.13. The third kappa shape index (κ3) is 0.839. The molecule has 3 rings (SSSR count). The summed E-state index contributed by atoms with van der Waals surface area (Å²) in [6.45, 7) is 0.